The number of nitriles is 1. The summed E-state index contributed by atoms with van der Waals surface area (Å²) in [6.45, 7) is 0.828. The number of carbonyl (C=O) groups is 1. The summed E-state index contributed by atoms with van der Waals surface area (Å²) in [5, 5.41) is 12.5. The van der Waals surface area contributed by atoms with Gasteiger partial charge in [-0.05, 0) is 32.1 Å². The van der Waals surface area contributed by atoms with E-state index in [1.807, 2.05) is 0 Å². The van der Waals surface area contributed by atoms with Crippen LogP contribution in [0.1, 0.15) is 70.6 Å². The van der Waals surface area contributed by atoms with Crippen LogP contribution in [0, 0.1) is 11.3 Å². The van der Waals surface area contributed by atoms with Crippen LogP contribution in [0.2, 0.25) is 0 Å². The van der Waals surface area contributed by atoms with Crippen LogP contribution in [0.25, 0.3) is 0 Å². The number of carbonyl (C=O) groups excluding carboxylic acids is 1. The molecule has 1 N–H and O–H groups in total. The van der Waals surface area contributed by atoms with Gasteiger partial charge in [0.15, 0.2) is 0 Å². The number of nitrogens with one attached hydrogen (secondary N) is 1. The second-order valence-electron chi connectivity index (χ2n) is 6.18. The minimum Gasteiger partial charge on any atom is -0.378 e. The molecule has 1 amide bonds. The maximum absolute atomic E-state index is 12.1. The zero-order chi connectivity index (χ0) is 14.3. The molecule has 0 aromatic heterocycles. The maximum Gasteiger partial charge on any atom is 0.221 e. The minimum absolute atomic E-state index is 0.0163. The normalized spacial score (nSPS) is 26.2. The molecule has 0 bridgehead atoms. The van der Waals surface area contributed by atoms with E-state index in [1.165, 1.54) is 19.3 Å². The molecule has 1 aliphatic carbocycles. The second kappa shape index (κ2) is 7.64. The standard InChI is InChI=1S/C16H26N2O2/c17-13-16(10-4-2-1-3-5-11-16)18-15(19)9-8-14-7-6-12-20-14/h14H,1-12H2,(H,18,19). The molecule has 0 radical (unpaired) electrons. The lowest BCUT2D eigenvalue weighted by atomic mass is 9.85. The van der Waals surface area contributed by atoms with Gasteiger partial charge in [-0.1, -0.05) is 32.1 Å². The number of hydrogen-bond acceptors (Lipinski definition) is 3. The Morgan fingerprint density at radius 2 is 1.90 bits per heavy atom. The van der Waals surface area contributed by atoms with Gasteiger partial charge in [0.1, 0.15) is 5.54 Å². The van der Waals surface area contributed by atoms with E-state index in [-0.39, 0.29) is 12.0 Å². The van der Waals surface area contributed by atoms with Gasteiger partial charge in [-0.3, -0.25) is 4.79 Å². The van der Waals surface area contributed by atoms with E-state index in [2.05, 4.69) is 11.4 Å². The van der Waals surface area contributed by atoms with Crippen molar-refractivity contribution in [3.05, 3.63) is 0 Å². The summed E-state index contributed by atoms with van der Waals surface area (Å²) < 4.78 is 5.54. The molecule has 0 aromatic carbocycles. The van der Waals surface area contributed by atoms with Crippen LogP contribution in [0.4, 0.5) is 0 Å². The Morgan fingerprint density at radius 3 is 2.50 bits per heavy atom. The Hall–Kier alpha value is -1.08. The average molecular weight is 278 g/mol. The van der Waals surface area contributed by atoms with Gasteiger partial charge in [0.2, 0.25) is 5.91 Å². The fraction of sp³-hybridized carbons (Fsp3) is 0.875. The summed E-state index contributed by atoms with van der Waals surface area (Å²) in [6, 6.07) is 2.38. The molecule has 1 unspecified atom stereocenters. The molecule has 2 fully saturated rings. The van der Waals surface area contributed by atoms with Crippen LogP contribution in [0.15, 0.2) is 0 Å². The van der Waals surface area contributed by atoms with E-state index < -0.39 is 5.54 Å². The summed E-state index contributed by atoms with van der Waals surface area (Å²) in [7, 11) is 0. The van der Waals surface area contributed by atoms with Gasteiger partial charge in [0, 0.05) is 13.0 Å². The fourth-order valence-corrected chi connectivity index (χ4v) is 3.27. The van der Waals surface area contributed by atoms with E-state index in [0.29, 0.717) is 6.42 Å². The summed E-state index contributed by atoms with van der Waals surface area (Å²) in [6.07, 6.45) is 11.0. The van der Waals surface area contributed by atoms with Gasteiger partial charge in [0.25, 0.3) is 0 Å². The monoisotopic (exact) mass is 278 g/mol. The van der Waals surface area contributed by atoms with Crippen LogP contribution in [-0.2, 0) is 9.53 Å². The number of nitrogens with zero attached hydrogens (tertiary/aromatic N) is 1. The quantitative estimate of drug-likeness (QED) is 0.859. The van der Waals surface area contributed by atoms with Crippen LogP contribution < -0.4 is 5.32 Å². The molecule has 20 heavy (non-hydrogen) atoms. The second-order valence-corrected chi connectivity index (χ2v) is 6.18. The third-order valence-electron chi connectivity index (χ3n) is 4.52. The first-order chi connectivity index (χ1) is 9.74. The summed E-state index contributed by atoms with van der Waals surface area (Å²) in [5.41, 5.74) is -0.617. The molecule has 1 atom stereocenters. The zero-order valence-electron chi connectivity index (χ0n) is 12.3. The van der Waals surface area contributed by atoms with Crippen molar-refractivity contribution in [2.24, 2.45) is 0 Å². The summed E-state index contributed by atoms with van der Waals surface area (Å²) >= 11 is 0. The molecule has 0 aromatic rings. The van der Waals surface area contributed by atoms with Gasteiger partial charge in [0.05, 0.1) is 12.2 Å². The van der Waals surface area contributed by atoms with Gasteiger partial charge >= 0.3 is 0 Å². The minimum atomic E-state index is -0.617. The van der Waals surface area contributed by atoms with E-state index in [4.69, 9.17) is 4.74 Å². The molecule has 112 valence electrons. The fourth-order valence-electron chi connectivity index (χ4n) is 3.27. The summed E-state index contributed by atoms with van der Waals surface area (Å²) in [5.74, 6) is 0.0163. The number of amides is 1. The predicted octanol–water partition coefficient (Wildman–Crippen LogP) is 3.07. The first kappa shape index (κ1) is 15.3. The van der Waals surface area contributed by atoms with Crippen LogP contribution in [-0.4, -0.2) is 24.2 Å². The number of ether oxygens (including phenoxy) is 1. The highest BCUT2D eigenvalue weighted by molar-refractivity contribution is 5.77. The molecule has 2 aliphatic rings. The maximum atomic E-state index is 12.1. The first-order valence-electron chi connectivity index (χ1n) is 8.08. The van der Waals surface area contributed by atoms with Crippen molar-refractivity contribution in [3.8, 4) is 6.07 Å². The first-order valence-corrected chi connectivity index (χ1v) is 8.08. The van der Waals surface area contributed by atoms with Crippen LogP contribution in [0.3, 0.4) is 0 Å². The average Bonchev–Trinajstić information content (AvgIpc) is 2.93. The molecule has 4 nitrogen and oxygen atoms in total. The molecule has 1 saturated carbocycles. The zero-order valence-corrected chi connectivity index (χ0v) is 12.3. The van der Waals surface area contributed by atoms with Crippen molar-refractivity contribution < 1.29 is 9.53 Å². The van der Waals surface area contributed by atoms with Gasteiger partial charge in [-0.25, -0.2) is 0 Å². The van der Waals surface area contributed by atoms with Crippen molar-refractivity contribution in [2.45, 2.75) is 82.3 Å². The highest BCUT2D eigenvalue weighted by Gasteiger charge is 2.32. The highest BCUT2D eigenvalue weighted by Crippen LogP contribution is 2.26. The summed E-state index contributed by atoms with van der Waals surface area (Å²) in [4.78, 5) is 12.1. The van der Waals surface area contributed by atoms with E-state index >= 15 is 0 Å². The Labute approximate surface area is 121 Å². The molecule has 0 spiro atoms. The lowest BCUT2D eigenvalue weighted by Crippen LogP contribution is -2.47. The van der Waals surface area contributed by atoms with E-state index in [1.54, 1.807) is 0 Å². The molecule has 1 saturated heterocycles. The van der Waals surface area contributed by atoms with E-state index in [9.17, 15) is 10.1 Å². The molecule has 4 heteroatoms. The van der Waals surface area contributed by atoms with Crippen molar-refractivity contribution >= 4 is 5.91 Å². The third-order valence-corrected chi connectivity index (χ3v) is 4.52. The molecule has 2 rings (SSSR count). The van der Waals surface area contributed by atoms with Crippen LogP contribution in [0.5, 0.6) is 0 Å². The van der Waals surface area contributed by atoms with E-state index in [0.717, 1.165) is 51.6 Å². The lowest BCUT2D eigenvalue weighted by molar-refractivity contribution is -0.123. The highest BCUT2D eigenvalue weighted by atomic mass is 16.5. The lowest BCUT2D eigenvalue weighted by Gasteiger charge is -2.29. The van der Waals surface area contributed by atoms with Crippen molar-refractivity contribution in [3.63, 3.8) is 0 Å². The van der Waals surface area contributed by atoms with Crippen molar-refractivity contribution in [2.75, 3.05) is 6.61 Å². The predicted molar refractivity (Wildman–Crippen MR) is 77.0 cm³/mol. The number of rotatable bonds is 4. The van der Waals surface area contributed by atoms with Crippen molar-refractivity contribution in [1.29, 1.82) is 5.26 Å². The molecule has 1 aliphatic heterocycles. The molecule has 1 heterocycles. The molecular formula is C16H26N2O2. The van der Waals surface area contributed by atoms with Gasteiger partial charge < -0.3 is 10.1 Å². The topological polar surface area (TPSA) is 62.1 Å². The van der Waals surface area contributed by atoms with Crippen LogP contribution >= 0.6 is 0 Å². The Balaban J connectivity index is 1.80. The smallest absolute Gasteiger partial charge is 0.221 e. The Morgan fingerprint density at radius 1 is 1.20 bits per heavy atom. The largest absolute Gasteiger partial charge is 0.378 e. The van der Waals surface area contributed by atoms with Gasteiger partial charge in [-0.15, -0.1) is 0 Å². The number of hydrogen-bond donors (Lipinski definition) is 1. The Bertz CT molecular complexity index is 348. The SMILES string of the molecule is N#CC1(NC(=O)CCC2CCCO2)CCCCCCC1. The van der Waals surface area contributed by atoms with Gasteiger partial charge in [-0.2, -0.15) is 5.26 Å². The Kier molecular flexibility index (Phi) is 5.85. The third kappa shape index (κ3) is 4.49. The molecular weight excluding hydrogens is 252 g/mol. The van der Waals surface area contributed by atoms with Crippen molar-refractivity contribution in [1.82, 2.24) is 5.32 Å².